The van der Waals surface area contributed by atoms with Crippen molar-refractivity contribution in [1.29, 1.82) is 0 Å². The van der Waals surface area contributed by atoms with Gasteiger partial charge in [-0.2, -0.15) is 0 Å². The Balaban J connectivity index is 1.23. The predicted octanol–water partition coefficient (Wildman–Crippen LogP) is 6.35. The van der Waals surface area contributed by atoms with Crippen molar-refractivity contribution in [1.82, 2.24) is 10.3 Å². The van der Waals surface area contributed by atoms with Gasteiger partial charge >= 0.3 is 5.97 Å². The van der Waals surface area contributed by atoms with Crippen LogP contribution in [-0.4, -0.2) is 103 Å². The number of allylic oxidation sites excluding steroid dienone is 3. The third-order valence-electron chi connectivity index (χ3n) is 21.3. The first-order valence-electron chi connectivity index (χ1n) is 28.2. The zero-order chi connectivity index (χ0) is 52.4. The molecule has 2 heterocycles. The number of carbonyl (C=O) groups is 3. The van der Waals surface area contributed by atoms with Crippen LogP contribution in [0.15, 0.2) is 46.4 Å². The molecule has 73 heavy (non-hydrogen) atoms. The molecule has 1 aromatic rings. The van der Waals surface area contributed by atoms with E-state index in [1.165, 1.54) is 12.5 Å². The molecule has 1 aromatic heterocycles. The quantitative estimate of drug-likeness (QED) is 0.0277. The van der Waals surface area contributed by atoms with Crippen molar-refractivity contribution in [3.63, 3.8) is 0 Å². The fraction of sp³-hybridized carbons (Fsp3) is 0.763. The highest BCUT2D eigenvalue weighted by atomic mass is 16.5. The highest BCUT2D eigenvalue weighted by Gasteiger charge is 2.76. The Morgan fingerprint density at radius 3 is 2.47 bits per heavy atom. The standard InChI is InChI=1S/C59H87N5O9/c1-7-8-9-19-58-29-46(67)45(66)28-55(58,5)44-17-20-57(21-23-63-54(60)61)51-38(27-59(57,72)49(44)50(52(58)69)64-30-35(4)65)12-10-11-37(43-32-73-53(70)48(43)39-18-22-62-31-39)26-42-40(34(3)25-47(68)56(51,6)71)16-15-36-14-13-33(2)24-41(36)42/h15,18,22,31,33-34,37-38,40-48,51,62,64,66-68,71-72H,7-9,12-14,16-17,19-21,23-30,32H2,1-6H3,(H4,60,61,63)/t33-,34+,37+,38-,40-,41-,42-,43-,44-,45-,46+,47+,48-,51+,55+,56-,57-,58-,59+/m0/s1. The number of aliphatic hydroxyl groups excluding tert-OH is 3. The summed E-state index contributed by atoms with van der Waals surface area (Å²) in [4.78, 5) is 50.3. The normalized spacial score (nSPS) is 44.4. The number of aromatic nitrogens is 1. The topological polar surface area (TPSA) is 254 Å². The Morgan fingerprint density at radius 2 is 1.75 bits per heavy atom. The maximum Gasteiger partial charge on any atom is 0.313 e. The maximum absolute atomic E-state index is 16.0. The molecule has 19 atom stereocenters. The first-order valence-corrected chi connectivity index (χ1v) is 28.2. The molecule has 0 bridgehead atoms. The molecular formula is C59H87N5O9. The summed E-state index contributed by atoms with van der Waals surface area (Å²) in [5.41, 5.74) is 8.28. The summed E-state index contributed by atoms with van der Waals surface area (Å²) in [5, 5.41) is 67.4. The van der Waals surface area contributed by atoms with Crippen LogP contribution >= 0.6 is 0 Å². The molecule has 11 N–H and O–H groups in total. The van der Waals surface area contributed by atoms with Crippen molar-refractivity contribution in [2.24, 2.45) is 91.9 Å². The van der Waals surface area contributed by atoms with Gasteiger partial charge in [-0.3, -0.25) is 19.4 Å². The molecule has 0 amide bonds. The van der Waals surface area contributed by atoms with E-state index in [2.05, 4.69) is 60.9 Å². The number of aromatic amines is 1. The molecule has 0 unspecified atom stereocenters. The molecule has 0 spiro atoms. The number of carbonyl (C=O) groups excluding carboxylic acids is 3. The van der Waals surface area contributed by atoms with Crippen molar-refractivity contribution < 1.29 is 44.7 Å². The number of nitrogens with two attached hydrogens (primary N) is 2. The summed E-state index contributed by atoms with van der Waals surface area (Å²) in [7, 11) is 0. The van der Waals surface area contributed by atoms with Gasteiger partial charge in [0.1, 0.15) is 5.78 Å². The Hall–Kier alpha value is -4.00. The molecule has 5 fully saturated rings. The van der Waals surface area contributed by atoms with Crippen LogP contribution in [-0.2, 0) is 19.1 Å². The number of esters is 1. The molecule has 0 radical (unpaired) electrons. The Bertz CT molecular complexity index is 2400. The average Bonchev–Trinajstić information content (AvgIpc) is 4.06. The number of aliphatic hydroxyl groups is 5. The second kappa shape index (κ2) is 20.5. The van der Waals surface area contributed by atoms with Gasteiger partial charge in [-0.15, -0.1) is 5.92 Å². The van der Waals surface area contributed by atoms with Gasteiger partial charge in [0.05, 0.1) is 54.3 Å². The first-order chi connectivity index (χ1) is 34.6. The van der Waals surface area contributed by atoms with Crippen LogP contribution in [0.2, 0.25) is 0 Å². The van der Waals surface area contributed by atoms with Crippen LogP contribution in [0.5, 0.6) is 0 Å². The molecule has 4 saturated carbocycles. The minimum Gasteiger partial charge on any atom is -0.465 e. The number of rotatable bonds is 12. The van der Waals surface area contributed by atoms with Gasteiger partial charge in [-0.1, -0.05) is 64.5 Å². The Kier molecular flexibility index (Phi) is 15.1. The lowest BCUT2D eigenvalue weighted by atomic mass is 9.39. The van der Waals surface area contributed by atoms with Crippen molar-refractivity contribution in [3.05, 3.63) is 46.9 Å². The zero-order valence-electron chi connectivity index (χ0n) is 44.5. The first kappa shape index (κ1) is 53.8. The van der Waals surface area contributed by atoms with E-state index in [1.807, 2.05) is 18.5 Å². The van der Waals surface area contributed by atoms with Gasteiger partial charge in [-0.25, -0.2) is 0 Å². The second-order valence-corrected chi connectivity index (χ2v) is 25.3. The summed E-state index contributed by atoms with van der Waals surface area (Å²) in [6, 6.07) is 1.95. The highest BCUT2D eigenvalue weighted by Crippen LogP contribution is 2.74. The number of Topliss-reactive ketones (excluding diaryl/α,β-unsaturated/α-hetero) is 2. The van der Waals surface area contributed by atoms with E-state index in [9.17, 15) is 35.1 Å². The van der Waals surface area contributed by atoms with Gasteiger partial charge in [0.25, 0.3) is 0 Å². The third kappa shape index (κ3) is 9.04. The minimum atomic E-state index is -1.82. The van der Waals surface area contributed by atoms with E-state index in [-0.39, 0.29) is 111 Å². The van der Waals surface area contributed by atoms with Crippen LogP contribution in [0.3, 0.4) is 0 Å². The summed E-state index contributed by atoms with van der Waals surface area (Å²) in [5.74, 6) is 5.23. The minimum absolute atomic E-state index is 0.0280. The van der Waals surface area contributed by atoms with Crippen molar-refractivity contribution >= 4 is 23.5 Å². The van der Waals surface area contributed by atoms with Gasteiger partial charge in [0.15, 0.2) is 11.7 Å². The van der Waals surface area contributed by atoms with Crippen LogP contribution < -0.4 is 16.8 Å². The van der Waals surface area contributed by atoms with Gasteiger partial charge in [0.2, 0.25) is 0 Å². The number of hydrogen-bond donors (Lipinski definition) is 9. The lowest BCUT2D eigenvalue weighted by Crippen LogP contribution is -2.68. The lowest BCUT2D eigenvalue weighted by Gasteiger charge is -2.66. The van der Waals surface area contributed by atoms with Gasteiger partial charge in [0, 0.05) is 53.9 Å². The van der Waals surface area contributed by atoms with E-state index in [0.29, 0.717) is 43.1 Å². The third-order valence-corrected chi connectivity index (χ3v) is 21.3. The number of hydrogen-bond acceptors (Lipinski definition) is 11. The summed E-state index contributed by atoms with van der Waals surface area (Å²) in [6.45, 7) is 12.1. The Labute approximate surface area is 433 Å². The zero-order valence-corrected chi connectivity index (χ0v) is 44.5. The van der Waals surface area contributed by atoms with E-state index in [1.54, 1.807) is 6.92 Å². The smallest absolute Gasteiger partial charge is 0.313 e. The number of unbranched alkanes of at least 4 members (excludes halogenated alkanes) is 2. The monoisotopic (exact) mass is 1010 g/mol. The van der Waals surface area contributed by atoms with E-state index in [0.717, 1.165) is 56.9 Å². The Morgan fingerprint density at radius 1 is 0.986 bits per heavy atom. The number of cyclic esters (lactones) is 1. The fourth-order valence-corrected chi connectivity index (χ4v) is 17.8. The van der Waals surface area contributed by atoms with E-state index >= 15 is 4.79 Å². The molecule has 0 aromatic carbocycles. The van der Waals surface area contributed by atoms with Gasteiger partial charge in [-0.05, 0) is 161 Å². The number of ether oxygens (including phenoxy) is 1. The van der Waals surface area contributed by atoms with Crippen LogP contribution in [0, 0.1) is 87.3 Å². The number of H-pyrrole nitrogens is 1. The van der Waals surface area contributed by atoms with Crippen molar-refractivity contribution in [3.8, 4) is 11.8 Å². The van der Waals surface area contributed by atoms with Gasteiger partial charge < -0.3 is 52.0 Å². The fourth-order valence-electron chi connectivity index (χ4n) is 17.8. The van der Waals surface area contributed by atoms with E-state index < -0.39 is 69.4 Å². The lowest BCUT2D eigenvalue weighted by molar-refractivity contribution is -0.201. The van der Waals surface area contributed by atoms with Crippen LogP contribution in [0.25, 0.3) is 0 Å². The SMILES string of the molecule is CCCCC[C@@]12C[C@@H](O)[C@@H](O)C[C@]1(C)[C@H]1CC[C@]3(CCN=C(N)N)[C@@H]4[C@@H](CC#C[C@@H]([C@@H]5COC(=O)[C@H]5c5cc[nH]c5)C[C@H]5[C@@H](CC=C6CC[C@H](C)C[C@@H]65)[C@H](C)C[C@@H](O)[C@]4(C)O)C[C@@]3(O)C1=C(NCC(C)=O)C2=O. The number of guanidine groups is 1. The number of fused-ring (bicyclic) bond motifs is 10. The number of nitrogens with one attached hydrogen (secondary N) is 2. The average molecular weight is 1010 g/mol. The molecule has 1 aliphatic heterocycles. The molecule has 9 rings (SSSR count). The van der Waals surface area contributed by atoms with E-state index in [4.69, 9.17) is 16.2 Å². The molecule has 14 heteroatoms. The molecule has 1 saturated heterocycles. The maximum atomic E-state index is 16.0. The summed E-state index contributed by atoms with van der Waals surface area (Å²) < 4.78 is 5.93. The van der Waals surface area contributed by atoms with Crippen LogP contribution in [0.1, 0.15) is 162 Å². The second-order valence-electron chi connectivity index (χ2n) is 25.3. The molecular weight excluding hydrogens is 923 g/mol. The highest BCUT2D eigenvalue weighted by molar-refractivity contribution is 6.03. The molecule has 14 nitrogen and oxygen atoms in total. The van der Waals surface area contributed by atoms with Crippen molar-refractivity contribution in [2.75, 3.05) is 19.7 Å². The molecule has 7 aliphatic carbocycles. The van der Waals surface area contributed by atoms with Crippen molar-refractivity contribution in [2.45, 2.75) is 186 Å². The number of ketones is 2. The summed E-state index contributed by atoms with van der Waals surface area (Å²) >= 11 is 0. The number of aliphatic imine (C=N–C) groups is 1. The predicted molar refractivity (Wildman–Crippen MR) is 279 cm³/mol. The largest absolute Gasteiger partial charge is 0.465 e. The molecule has 8 aliphatic rings. The van der Waals surface area contributed by atoms with Crippen LogP contribution in [0.4, 0.5) is 0 Å². The molecule has 402 valence electrons. The number of nitrogens with zero attached hydrogens (tertiary/aromatic N) is 1. The summed E-state index contributed by atoms with van der Waals surface area (Å²) in [6.07, 6.45) is 12.5.